The van der Waals surface area contributed by atoms with Gasteiger partial charge in [0.05, 0.1) is 12.8 Å². The van der Waals surface area contributed by atoms with Crippen molar-refractivity contribution in [3.05, 3.63) is 71.0 Å². The van der Waals surface area contributed by atoms with Crippen molar-refractivity contribution in [1.29, 1.82) is 0 Å². The van der Waals surface area contributed by atoms with Gasteiger partial charge in [-0.1, -0.05) is 70.0 Å². The molecule has 0 aliphatic heterocycles. The zero-order chi connectivity index (χ0) is 29.6. The van der Waals surface area contributed by atoms with Crippen LogP contribution in [0.4, 0.5) is 0 Å². The number of nitrogens with zero attached hydrogens (tertiary/aromatic N) is 1. The van der Waals surface area contributed by atoms with Crippen LogP contribution in [0.3, 0.4) is 0 Å². The summed E-state index contributed by atoms with van der Waals surface area (Å²) in [5.74, 6) is -1.78. The van der Waals surface area contributed by atoms with E-state index in [0.717, 1.165) is 71.5 Å². The molecule has 4 N–H and O–H groups in total. The Kier molecular flexibility index (Phi) is 7.53. The number of benzene rings is 2. The van der Waals surface area contributed by atoms with Crippen LogP contribution in [-0.2, 0) is 27.8 Å². The van der Waals surface area contributed by atoms with Crippen LogP contribution in [0.15, 0.2) is 48.5 Å². The van der Waals surface area contributed by atoms with Gasteiger partial charge >= 0.3 is 11.9 Å². The van der Waals surface area contributed by atoms with E-state index in [0.29, 0.717) is 11.4 Å². The third-order valence-corrected chi connectivity index (χ3v) is 9.91. The van der Waals surface area contributed by atoms with Gasteiger partial charge in [0, 0.05) is 44.1 Å². The number of fused-ring (bicyclic) bond motifs is 2. The van der Waals surface area contributed by atoms with Gasteiger partial charge in [-0.2, -0.15) is 0 Å². The minimum Gasteiger partial charge on any atom is -0.481 e. The van der Waals surface area contributed by atoms with Gasteiger partial charge < -0.3 is 25.1 Å². The molecule has 1 aliphatic carbocycles. The van der Waals surface area contributed by atoms with Gasteiger partial charge in [0.25, 0.3) is 0 Å². The average Bonchev–Trinajstić information content (AvgIpc) is 3.44. The Morgan fingerprint density at radius 3 is 1.73 bits per heavy atom. The molecule has 0 saturated heterocycles. The Morgan fingerprint density at radius 2 is 1.32 bits per heavy atom. The molecule has 7 heteroatoms. The molecule has 0 amide bonds. The van der Waals surface area contributed by atoms with Crippen LogP contribution in [0.1, 0.15) is 81.8 Å². The van der Waals surface area contributed by atoms with E-state index >= 15 is 0 Å². The van der Waals surface area contributed by atoms with Crippen molar-refractivity contribution in [2.24, 2.45) is 5.41 Å². The quantitative estimate of drug-likeness (QED) is 0.170. The van der Waals surface area contributed by atoms with E-state index < -0.39 is 17.4 Å². The van der Waals surface area contributed by atoms with Crippen LogP contribution >= 0.6 is 0 Å². The molecule has 0 spiro atoms. The largest absolute Gasteiger partial charge is 0.481 e. The molecule has 41 heavy (non-hydrogen) atoms. The normalized spacial score (nSPS) is 20.1. The molecule has 2 aromatic carbocycles. The van der Waals surface area contributed by atoms with Crippen LogP contribution < -0.4 is 0 Å². The molecule has 2 aromatic heterocycles. The average molecular weight is 558 g/mol. The fourth-order valence-corrected chi connectivity index (χ4v) is 8.13. The molecule has 1 saturated carbocycles. The second-order valence-corrected chi connectivity index (χ2v) is 12.9. The van der Waals surface area contributed by atoms with Crippen molar-refractivity contribution in [2.45, 2.75) is 83.1 Å². The molecular formula is C34H43N3O4. The van der Waals surface area contributed by atoms with E-state index in [1.165, 1.54) is 0 Å². The standard InChI is InChI=1S/C34H43N3O4/c1-6-7-16-33(37(4)5)17-18-34(32(2,3)21-33,30-22-12-8-10-14-24(22)35-26(30)19-28(38)39)31-23-13-9-11-15-25(23)36-27(31)20-29(40)41/h8-15,35-36H,6-7,16-21H2,1-5H3,(H,38,39)(H,40,41). The number of hydrogen-bond donors (Lipinski definition) is 4. The second kappa shape index (κ2) is 10.7. The molecule has 4 aromatic rings. The number of carboxylic acid groups (broad SMARTS) is 2. The zero-order valence-electron chi connectivity index (χ0n) is 24.9. The first kappa shape index (κ1) is 28.9. The van der Waals surface area contributed by atoms with Crippen molar-refractivity contribution < 1.29 is 19.8 Å². The maximum atomic E-state index is 12.3. The molecule has 0 bridgehead atoms. The summed E-state index contributed by atoms with van der Waals surface area (Å²) in [5, 5.41) is 22.1. The first-order chi connectivity index (χ1) is 19.5. The Bertz CT molecular complexity index is 1500. The number of rotatable bonds is 10. The lowest BCUT2D eigenvalue weighted by Crippen LogP contribution is -2.58. The molecule has 218 valence electrons. The van der Waals surface area contributed by atoms with Crippen LogP contribution in [0, 0.1) is 5.41 Å². The van der Waals surface area contributed by atoms with E-state index in [4.69, 9.17) is 0 Å². The zero-order valence-corrected chi connectivity index (χ0v) is 24.9. The number of unbranched alkanes of at least 4 members (excludes halogenated alkanes) is 1. The van der Waals surface area contributed by atoms with Gasteiger partial charge in [-0.25, -0.2) is 0 Å². The fraction of sp³-hybridized carbons (Fsp3) is 0.471. The van der Waals surface area contributed by atoms with E-state index in [-0.39, 0.29) is 23.8 Å². The monoisotopic (exact) mass is 557 g/mol. The van der Waals surface area contributed by atoms with Crippen LogP contribution in [-0.4, -0.2) is 56.7 Å². The summed E-state index contributed by atoms with van der Waals surface area (Å²) < 4.78 is 0. The number of hydrogen-bond acceptors (Lipinski definition) is 3. The molecule has 1 unspecified atom stereocenters. The summed E-state index contributed by atoms with van der Waals surface area (Å²) in [6.45, 7) is 6.86. The highest BCUT2D eigenvalue weighted by Crippen LogP contribution is 2.63. The molecule has 2 heterocycles. The van der Waals surface area contributed by atoms with Crippen molar-refractivity contribution >= 4 is 33.7 Å². The van der Waals surface area contributed by atoms with Crippen molar-refractivity contribution in [2.75, 3.05) is 14.1 Å². The Balaban J connectivity index is 1.90. The molecule has 0 radical (unpaired) electrons. The summed E-state index contributed by atoms with van der Waals surface area (Å²) in [7, 11) is 4.36. The second-order valence-electron chi connectivity index (χ2n) is 12.9. The van der Waals surface area contributed by atoms with Crippen molar-refractivity contribution in [1.82, 2.24) is 14.9 Å². The van der Waals surface area contributed by atoms with Crippen molar-refractivity contribution in [3.8, 4) is 0 Å². The van der Waals surface area contributed by atoms with Gasteiger partial charge in [0.2, 0.25) is 0 Å². The van der Waals surface area contributed by atoms with Crippen LogP contribution in [0.25, 0.3) is 21.8 Å². The number of para-hydroxylation sites is 2. The highest BCUT2D eigenvalue weighted by molar-refractivity contribution is 5.93. The maximum absolute atomic E-state index is 12.3. The van der Waals surface area contributed by atoms with E-state index in [1.807, 2.05) is 36.4 Å². The Hall–Kier alpha value is -3.58. The lowest BCUT2D eigenvalue weighted by Gasteiger charge is -2.59. The third kappa shape index (κ3) is 4.74. The first-order valence-corrected chi connectivity index (χ1v) is 14.8. The van der Waals surface area contributed by atoms with Gasteiger partial charge in [0.1, 0.15) is 0 Å². The van der Waals surface area contributed by atoms with E-state index in [1.54, 1.807) is 0 Å². The first-order valence-electron chi connectivity index (χ1n) is 14.8. The van der Waals surface area contributed by atoms with Crippen LogP contribution in [0.2, 0.25) is 0 Å². The molecule has 1 fully saturated rings. The van der Waals surface area contributed by atoms with Crippen molar-refractivity contribution in [3.63, 3.8) is 0 Å². The highest BCUT2D eigenvalue weighted by atomic mass is 16.4. The summed E-state index contributed by atoms with van der Waals surface area (Å²) in [4.78, 5) is 33.9. The SMILES string of the molecule is CCCCC1(N(C)C)CCC(c2c(CC(=O)O)[nH]c3ccccc23)(c2c(CC(=O)O)[nH]c3ccccc23)C(C)(C)C1. The van der Waals surface area contributed by atoms with Gasteiger partial charge in [-0.05, 0) is 68.5 Å². The predicted octanol–water partition coefficient (Wildman–Crippen LogP) is 6.89. The smallest absolute Gasteiger partial charge is 0.309 e. The maximum Gasteiger partial charge on any atom is 0.309 e. The summed E-state index contributed by atoms with van der Waals surface area (Å²) in [6, 6.07) is 16.1. The molecule has 1 atom stereocenters. The summed E-state index contributed by atoms with van der Waals surface area (Å²) in [5.41, 5.74) is 4.19. The van der Waals surface area contributed by atoms with Gasteiger partial charge in [0.15, 0.2) is 0 Å². The highest BCUT2D eigenvalue weighted by Gasteiger charge is 2.58. The van der Waals surface area contributed by atoms with E-state index in [9.17, 15) is 19.8 Å². The van der Waals surface area contributed by atoms with Crippen LogP contribution in [0.5, 0.6) is 0 Å². The third-order valence-electron chi connectivity index (χ3n) is 9.91. The molecule has 1 aliphatic rings. The number of carboxylic acids is 2. The van der Waals surface area contributed by atoms with Gasteiger partial charge in [-0.15, -0.1) is 0 Å². The minimum atomic E-state index is -0.892. The number of carbonyl (C=O) groups is 2. The topological polar surface area (TPSA) is 109 Å². The number of nitrogens with one attached hydrogen (secondary N) is 2. The number of aromatic nitrogens is 2. The van der Waals surface area contributed by atoms with Gasteiger partial charge in [-0.3, -0.25) is 9.59 Å². The Labute approximate surface area is 242 Å². The molecule has 5 rings (SSSR count). The summed E-state index contributed by atoms with van der Waals surface area (Å²) in [6.07, 6.45) is 5.66. The number of H-pyrrole nitrogens is 2. The fourth-order valence-electron chi connectivity index (χ4n) is 8.13. The molecular weight excluding hydrogens is 514 g/mol. The summed E-state index contributed by atoms with van der Waals surface area (Å²) >= 11 is 0. The predicted molar refractivity (Wildman–Crippen MR) is 164 cm³/mol. The number of aromatic amines is 2. The Morgan fingerprint density at radius 1 is 0.829 bits per heavy atom. The van der Waals surface area contributed by atoms with E-state index in [2.05, 4.69) is 61.9 Å². The number of aliphatic carboxylic acids is 2. The lowest BCUT2D eigenvalue weighted by atomic mass is 9.47. The molecule has 7 nitrogen and oxygen atoms in total. The lowest BCUT2D eigenvalue weighted by molar-refractivity contribution is -0.137. The minimum absolute atomic E-state index is 0.0127.